The van der Waals surface area contributed by atoms with E-state index in [0.717, 1.165) is 57.8 Å². The fourth-order valence-corrected chi connectivity index (χ4v) is 11.4. The molecule has 5 aliphatic rings. The normalized spacial score (nSPS) is 28.9. The minimum absolute atomic E-state index is 0.0778. The Labute approximate surface area is 292 Å². The Bertz CT molecular complexity index is 1370. The monoisotopic (exact) mass is 705 g/mol. The second-order valence-corrected chi connectivity index (χ2v) is 18.9. The highest BCUT2D eigenvalue weighted by Crippen LogP contribution is 2.44. The van der Waals surface area contributed by atoms with Crippen LogP contribution in [0.4, 0.5) is 4.79 Å². The van der Waals surface area contributed by atoms with Crippen molar-refractivity contribution in [2.24, 2.45) is 23.2 Å². The maximum absolute atomic E-state index is 14.6. The number of hydrogen-bond acceptors (Lipinski definition) is 7. The molecule has 3 saturated carbocycles. The van der Waals surface area contributed by atoms with E-state index in [4.69, 9.17) is 0 Å². The van der Waals surface area contributed by atoms with Gasteiger partial charge in [-0.15, -0.1) is 0 Å². The molecule has 49 heavy (non-hydrogen) atoms. The van der Waals surface area contributed by atoms with Gasteiger partial charge in [-0.25, -0.2) is 13.2 Å². The first-order valence-electron chi connectivity index (χ1n) is 18.9. The first kappa shape index (κ1) is 37.6. The third kappa shape index (κ3) is 8.61. The van der Waals surface area contributed by atoms with E-state index < -0.39 is 67.8 Å². The van der Waals surface area contributed by atoms with Crippen LogP contribution < -0.4 is 21.3 Å². The van der Waals surface area contributed by atoms with E-state index in [-0.39, 0.29) is 29.4 Å². The van der Waals surface area contributed by atoms with Crippen LogP contribution >= 0.6 is 0 Å². The van der Waals surface area contributed by atoms with E-state index in [1.807, 2.05) is 27.7 Å². The number of Topliss-reactive ketones (excluding diaryl/α,β-unsaturated/α-hetero) is 1. The van der Waals surface area contributed by atoms with Crippen LogP contribution in [0.15, 0.2) is 0 Å². The van der Waals surface area contributed by atoms with Gasteiger partial charge in [-0.2, -0.15) is 0 Å². The number of rotatable bonds is 12. The summed E-state index contributed by atoms with van der Waals surface area (Å²) in [7, 11) is -3.38. The number of urea groups is 1. The molecule has 5 rings (SSSR count). The number of carbonyl (C=O) groups is 5. The van der Waals surface area contributed by atoms with E-state index in [1.54, 1.807) is 4.90 Å². The average Bonchev–Trinajstić information content (AvgIpc) is 3.62. The van der Waals surface area contributed by atoms with Gasteiger partial charge in [0, 0.05) is 13.1 Å². The Hall–Kier alpha value is -2.70. The van der Waals surface area contributed by atoms with Crippen LogP contribution in [-0.4, -0.2) is 90.6 Å². The molecule has 3 aliphatic carbocycles. The van der Waals surface area contributed by atoms with Gasteiger partial charge < -0.3 is 26.2 Å². The maximum Gasteiger partial charge on any atom is 0.315 e. The maximum atomic E-state index is 14.6. The lowest BCUT2D eigenvalue weighted by Crippen LogP contribution is -2.66. The van der Waals surface area contributed by atoms with Gasteiger partial charge >= 0.3 is 6.03 Å². The van der Waals surface area contributed by atoms with Crippen molar-refractivity contribution < 1.29 is 32.4 Å². The third-order valence-electron chi connectivity index (χ3n) is 11.8. The summed E-state index contributed by atoms with van der Waals surface area (Å²) in [4.78, 5) is 70.0. The predicted molar refractivity (Wildman–Crippen MR) is 186 cm³/mol. The highest BCUT2D eigenvalue weighted by Gasteiger charge is 2.53. The summed E-state index contributed by atoms with van der Waals surface area (Å²) >= 11 is 0. The molecule has 0 spiro atoms. The predicted octanol–water partition coefficient (Wildman–Crippen LogP) is 3.38. The largest absolute Gasteiger partial charge is 0.349 e. The smallest absolute Gasteiger partial charge is 0.315 e. The summed E-state index contributed by atoms with van der Waals surface area (Å²) in [5.74, 6) is -1.70. The lowest BCUT2D eigenvalue weighted by atomic mass is 9.77. The zero-order chi connectivity index (χ0) is 35.6. The SMILES string of the molecule is CCCNC(=O)C(=O)[C@H](CC1CC1)NC(=O)[C@@H]1[C@H]2CCC[C@H]2CN1C(=O)[C@@H](NC(=O)NC1([C@H]2CCCCS2(=O)=O)CCCCC1)C(C)(C)C. The van der Waals surface area contributed by atoms with Crippen LogP contribution in [0.2, 0.25) is 0 Å². The van der Waals surface area contributed by atoms with Gasteiger partial charge in [0.25, 0.3) is 5.91 Å². The van der Waals surface area contributed by atoms with Gasteiger partial charge in [0.15, 0.2) is 9.84 Å². The van der Waals surface area contributed by atoms with Crippen LogP contribution in [-0.2, 0) is 29.0 Å². The lowest BCUT2D eigenvalue weighted by Gasteiger charge is -2.45. The van der Waals surface area contributed by atoms with Gasteiger partial charge in [-0.3, -0.25) is 19.2 Å². The molecule has 13 heteroatoms. The fraction of sp³-hybridized carbons (Fsp3) is 0.861. The summed E-state index contributed by atoms with van der Waals surface area (Å²) in [6.45, 7) is 8.24. The van der Waals surface area contributed by atoms with Gasteiger partial charge in [0.1, 0.15) is 12.1 Å². The molecule has 5 fully saturated rings. The topological polar surface area (TPSA) is 171 Å². The molecule has 0 aromatic carbocycles. The minimum atomic E-state index is -3.38. The Morgan fingerprint density at radius 1 is 0.878 bits per heavy atom. The molecule has 0 aromatic heterocycles. The second kappa shape index (κ2) is 15.3. The van der Waals surface area contributed by atoms with Crippen LogP contribution in [0.25, 0.3) is 0 Å². The van der Waals surface area contributed by atoms with E-state index in [1.165, 1.54) is 0 Å². The molecule has 12 nitrogen and oxygen atoms in total. The van der Waals surface area contributed by atoms with Crippen LogP contribution in [0, 0.1) is 23.2 Å². The molecule has 276 valence electrons. The van der Waals surface area contributed by atoms with E-state index >= 15 is 0 Å². The van der Waals surface area contributed by atoms with Crippen molar-refractivity contribution in [3.05, 3.63) is 0 Å². The van der Waals surface area contributed by atoms with Gasteiger partial charge in [0.2, 0.25) is 17.6 Å². The third-order valence-corrected chi connectivity index (χ3v) is 14.2. The number of fused-ring (bicyclic) bond motifs is 1. The minimum Gasteiger partial charge on any atom is -0.349 e. The molecule has 5 amide bonds. The van der Waals surface area contributed by atoms with E-state index in [9.17, 15) is 32.4 Å². The number of sulfone groups is 1. The number of ketones is 1. The highest BCUT2D eigenvalue weighted by atomic mass is 32.2. The van der Waals surface area contributed by atoms with Crippen LogP contribution in [0.5, 0.6) is 0 Å². The van der Waals surface area contributed by atoms with Crippen molar-refractivity contribution in [1.29, 1.82) is 0 Å². The quantitative estimate of drug-likeness (QED) is 0.226. The number of amides is 5. The average molecular weight is 706 g/mol. The van der Waals surface area contributed by atoms with Crippen LogP contribution in [0.3, 0.4) is 0 Å². The summed E-state index contributed by atoms with van der Waals surface area (Å²) in [6, 6.07) is -3.34. The summed E-state index contributed by atoms with van der Waals surface area (Å²) < 4.78 is 26.6. The number of likely N-dealkylation sites (tertiary alicyclic amines) is 1. The Morgan fingerprint density at radius 3 is 2.22 bits per heavy atom. The summed E-state index contributed by atoms with van der Waals surface area (Å²) in [5, 5.41) is 11.0. The van der Waals surface area contributed by atoms with Gasteiger partial charge in [0.05, 0.1) is 22.6 Å². The van der Waals surface area contributed by atoms with Crippen molar-refractivity contribution >= 4 is 39.4 Å². The molecule has 0 aromatic rings. The standard InChI is InChI=1S/C36H59N5O7S/c1-5-19-37-32(44)29(42)26(21-23-15-16-23)38-31(43)28-25-13-11-12-24(25)22-41(28)33(45)30(35(2,3)4)39-34(46)40-36(17-8-6-9-18-36)27-14-7-10-20-49(27,47)48/h23-28,30H,5-22H2,1-4H3,(H,37,44)(H,38,43)(H2,39,40,46)/t24-,25-,26-,27+,28-,30+/m0/s1. The second-order valence-electron chi connectivity index (χ2n) is 16.6. The molecular weight excluding hydrogens is 646 g/mol. The zero-order valence-corrected chi connectivity index (χ0v) is 30.8. The zero-order valence-electron chi connectivity index (χ0n) is 30.0. The molecule has 4 N–H and O–H groups in total. The lowest BCUT2D eigenvalue weighted by molar-refractivity contribution is -0.144. The van der Waals surface area contributed by atoms with Crippen molar-refractivity contribution in [2.75, 3.05) is 18.8 Å². The molecule has 0 bridgehead atoms. The fourth-order valence-electron chi connectivity index (χ4n) is 9.02. The van der Waals surface area contributed by atoms with Crippen molar-refractivity contribution in [3.63, 3.8) is 0 Å². The van der Waals surface area contributed by atoms with Gasteiger partial charge in [-0.1, -0.05) is 72.6 Å². The summed E-state index contributed by atoms with van der Waals surface area (Å²) in [6.07, 6.45) is 11.3. The highest BCUT2D eigenvalue weighted by molar-refractivity contribution is 7.92. The first-order valence-corrected chi connectivity index (χ1v) is 20.6. The van der Waals surface area contributed by atoms with E-state index in [0.29, 0.717) is 51.6 Å². The Morgan fingerprint density at radius 2 is 1.59 bits per heavy atom. The molecular formula is C36H59N5O7S. The number of hydrogen-bond donors (Lipinski definition) is 4. The number of carbonyl (C=O) groups excluding carboxylic acids is 5. The summed E-state index contributed by atoms with van der Waals surface area (Å²) in [5.41, 5.74) is -1.61. The van der Waals surface area contributed by atoms with Crippen molar-refractivity contribution in [1.82, 2.24) is 26.2 Å². The van der Waals surface area contributed by atoms with Crippen molar-refractivity contribution in [2.45, 2.75) is 153 Å². The first-order chi connectivity index (χ1) is 23.2. The van der Waals surface area contributed by atoms with Crippen LogP contribution in [0.1, 0.15) is 124 Å². The molecule has 2 heterocycles. The number of nitrogens with one attached hydrogen (secondary N) is 4. The number of nitrogens with zero attached hydrogens (tertiary/aromatic N) is 1. The Kier molecular flexibility index (Phi) is 11.7. The van der Waals surface area contributed by atoms with Gasteiger partial charge in [-0.05, 0) is 74.5 Å². The molecule has 0 unspecified atom stereocenters. The molecule has 0 radical (unpaired) electrons. The molecule has 6 atom stereocenters. The molecule has 2 aliphatic heterocycles. The van der Waals surface area contributed by atoms with E-state index in [2.05, 4.69) is 21.3 Å². The Balaban J connectivity index is 1.35. The van der Waals surface area contributed by atoms with Crippen molar-refractivity contribution in [3.8, 4) is 0 Å². The molecule has 2 saturated heterocycles.